The van der Waals surface area contributed by atoms with Crippen LogP contribution in [0.2, 0.25) is 0 Å². The Morgan fingerprint density at radius 3 is 2.52 bits per heavy atom. The van der Waals surface area contributed by atoms with E-state index in [1.165, 1.54) is 22.1 Å². The van der Waals surface area contributed by atoms with Gasteiger partial charge in [0.2, 0.25) is 21.1 Å². The molecular weight excluding hydrogens is 386 g/mol. The Hall–Kier alpha value is -1.91. The number of aryl methyl sites for hydroxylation is 2. The molecular formula is C17H25N5O3S2. The van der Waals surface area contributed by atoms with E-state index in [-0.39, 0.29) is 10.8 Å². The lowest BCUT2D eigenvalue weighted by Crippen LogP contribution is -2.31. The molecule has 2 aromatic rings. The van der Waals surface area contributed by atoms with Crippen molar-refractivity contribution in [1.29, 1.82) is 0 Å². The van der Waals surface area contributed by atoms with Crippen molar-refractivity contribution in [2.24, 2.45) is 0 Å². The third-order valence-electron chi connectivity index (χ3n) is 4.01. The number of hydrogen-bond acceptors (Lipinski definition) is 6. The molecule has 0 aliphatic heterocycles. The van der Waals surface area contributed by atoms with E-state index >= 15 is 0 Å². The zero-order valence-electron chi connectivity index (χ0n) is 16.1. The summed E-state index contributed by atoms with van der Waals surface area (Å²) in [6.45, 7) is 9.64. The lowest BCUT2D eigenvalue weighted by atomic mass is 10.2. The van der Waals surface area contributed by atoms with E-state index in [1.54, 1.807) is 46.8 Å². The van der Waals surface area contributed by atoms with Crippen LogP contribution in [-0.4, -0.2) is 52.2 Å². The molecule has 148 valence electrons. The first kappa shape index (κ1) is 21.4. The average molecular weight is 412 g/mol. The van der Waals surface area contributed by atoms with Gasteiger partial charge < -0.3 is 5.32 Å². The molecule has 0 saturated heterocycles. The molecule has 0 saturated carbocycles. The normalized spacial score (nSPS) is 13.0. The van der Waals surface area contributed by atoms with Crippen LogP contribution in [0.3, 0.4) is 0 Å². The van der Waals surface area contributed by atoms with Gasteiger partial charge in [0, 0.05) is 18.8 Å². The highest BCUT2D eigenvalue weighted by Gasteiger charge is 2.24. The van der Waals surface area contributed by atoms with E-state index in [1.807, 2.05) is 0 Å². The van der Waals surface area contributed by atoms with Gasteiger partial charge in [-0.1, -0.05) is 31.7 Å². The van der Waals surface area contributed by atoms with Gasteiger partial charge in [-0.15, -0.1) is 5.10 Å². The number of anilines is 1. The summed E-state index contributed by atoms with van der Waals surface area (Å²) < 4.78 is 27.0. The summed E-state index contributed by atoms with van der Waals surface area (Å²) in [4.78, 5) is 16.8. The van der Waals surface area contributed by atoms with E-state index in [4.69, 9.17) is 0 Å². The predicted molar refractivity (Wildman–Crippen MR) is 106 cm³/mol. The number of nitrogens with one attached hydrogen (secondary N) is 2. The summed E-state index contributed by atoms with van der Waals surface area (Å²) in [6.07, 6.45) is 0. The van der Waals surface area contributed by atoms with Crippen LogP contribution in [0.15, 0.2) is 28.3 Å². The maximum absolute atomic E-state index is 12.8. The van der Waals surface area contributed by atoms with Gasteiger partial charge in [-0.3, -0.25) is 9.89 Å². The first-order valence-electron chi connectivity index (χ1n) is 8.66. The largest absolute Gasteiger partial charge is 0.325 e. The van der Waals surface area contributed by atoms with Crippen LogP contribution in [-0.2, 0) is 14.8 Å². The lowest BCUT2D eigenvalue weighted by Gasteiger charge is -2.20. The number of aromatic amines is 1. The van der Waals surface area contributed by atoms with Gasteiger partial charge in [0.15, 0.2) is 0 Å². The number of aromatic nitrogens is 3. The maximum Gasteiger partial charge on any atom is 0.243 e. The van der Waals surface area contributed by atoms with Crippen molar-refractivity contribution >= 4 is 33.4 Å². The van der Waals surface area contributed by atoms with Crippen molar-refractivity contribution in [2.45, 2.75) is 49.9 Å². The smallest absolute Gasteiger partial charge is 0.243 e. The fourth-order valence-corrected chi connectivity index (χ4v) is 4.97. The molecule has 1 aromatic heterocycles. The summed E-state index contributed by atoms with van der Waals surface area (Å²) in [6, 6.07) is 4.90. The Labute approximate surface area is 164 Å². The van der Waals surface area contributed by atoms with Gasteiger partial charge in [-0.05, 0) is 38.5 Å². The molecule has 1 unspecified atom stereocenters. The molecule has 2 rings (SSSR count). The van der Waals surface area contributed by atoms with Crippen LogP contribution in [0, 0.1) is 13.8 Å². The summed E-state index contributed by atoms with van der Waals surface area (Å²) in [5.41, 5.74) is 1.08. The third-order valence-corrected chi connectivity index (χ3v) is 7.16. The Morgan fingerprint density at radius 2 is 1.96 bits per heavy atom. The Balaban J connectivity index is 2.18. The summed E-state index contributed by atoms with van der Waals surface area (Å²) >= 11 is 1.22. The molecule has 8 nitrogen and oxygen atoms in total. The summed E-state index contributed by atoms with van der Waals surface area (Å²) in [5.74, 6) is 0.424. The fraction of sp³-hybridized carbons (Fsp3) is 0.471. The van der Waals surface area contributed by atoms with Gasteiger partial charge in [0.25, 0.3) is 0 Å². The quantitative estimate of drug-likeness (QED) is 0.647. The molecule has 1 atom stereocenters. The number of rotatable bonds is 8. The van der Waals surface area contributed by atoms with Crippen molar-refractivity contribution in [3.63, 3.8) is 0 Å². The number of carbonyl (C=O) groups is 1. The minimum Gasteiger partial charge on any atom is -0.325 e. The second-order valence-electron chi connectivity index (χ2n) is 6.02. The Bertz CT molecular complexity index is 907. The number of H-pyrrole nitrogens is 1. The zero-order chi connectivity index (χ0) is 20.2. The molecule has 1 heterocycles. The fourth-order valence-electron chi connectivity index (χ4n) is 2.49. The predicted octanol–water partition coefficient (Wildman–Crippen LogP) is 2.57. The molecule has 1 aromatic carbocycles. The van der Waals surface area contributed by atoms with Gasteiger partial charge in [-0.25, -0.2) is 13.4 Å². The Kier molecular flexibility index (Phi) is 7.01. The molecule has 0 fully saturated rings. The molecule has 0 aliphatic rings. The van der Waals surface area contributed by atoms with E-state index < -0.39 is 15.3 Å². The second-order valence-corrected chi connectivity index (χ2v) is 9.24. The van der Waals surface area contributed by atoms with Gasteiger partial charge in [-0.2, -0.15) is 4.31 Å². The summed E-state index contributed by atoms with van der Waals surface area (Å²) in [7, 11) is -3.60. The van der Waals surface area contributed by atoms with Crippen LogP contribution < -0.4 is 5.32 Å². The minimum absolute atomic E-state index is 0.203. The van der Waals surface area contributed by atoms with E-state index in [0.717, 1.165) is 0 Å². The number of nitrogens with zero attached hydrogens (tertiary/aromatic N) is 3. The van der Waals surface area contributed by atoms with E-state index in [0.29, 0.717) is 35.3 Å². The molecule has 27 heavy (non-hydrogen) atoms. The number of sulfonamides is 1. The average Bonchev–Trinajstić information content (AvgIpc) is 3.02. The molecule has 0 spiro atoms. The highest BCUT2D eigenvalue weighted by atomic mass is 32.2. The molecule has 2 N–H and O–H groups in total. The van der Waals surface area contributed by atoms with Crippen molar-refractivity contribution < 1.29 is 13.2 Å². The topological polar surface area (TPSA) is 108 Å². The zero-order valence-corrected chi connectivity index (χ0v) is 17.7. The Morgan fingerprint density at radius 1 is 1.30 bits per heavy atom. The van der Waals surface area contributed by atoms with Crippen LogP contribution in [0.5, 0.6) is 0 Å². The molecule has 0 bridgehead atoms. The lowest BCUT2D eigenvalue weighted by molar-refractivity contribution is -0.115. The van der Waals surface area contributed by atoms with Crippen molar-refractivity contribution in [3.05, 3.63) is 29.6 Å². The highest BCUT2D eigenvalue weighted by Crippen LogP contribution is 2.25. The first-order chi connectivity index (χ1) is 12.7. The van der Waals surface area contributed by atoms with Gasteiger partial charge in [0.1, 0.15) is 5.82 Å². The van der Waals surface area contributed by atoms with Gasteiger partial charge in [0.05, 0.1) is 10.1 Å². The van der Waals surface area contributed by atoms with Crippen LogP contribution in [0.4, 0.5) is 5.69 Å². The number of benzene rings is 1. The third kappa shape index (κ3) is 5.08. The standard InChI is InChI=1S/C17H25N5O3S2/c1-6-22(7-2)27(24,25)15-10-14(9-8-11(15)3)19-16(23)12(4)26-17-18-13(5)20-21-17/h8-10,12H,6-7H2,1-5H3,(H,19,23)(H,18,20,21). The molecule has 0 aliphatic carbocycles. The monoisotopic (exact) mass is 411 g/mol. The second kappa shape index (κ2) is 8.85. The van der Waals surface area contributed by atoms with Crippen LogP contribution in [0.25, 0.3) is 0 Å². The molecule has 1 amide bonds. The van der Waals surface area contributed by atoms with Crippen molar-refractivity contribution in [1.82, 2.24) is 19.5 Å². The maximum atomic E-state index is 12.8. The molecule has 10 heteroatoms. The number of hydrogen-bond donors (Lipinski definition) is 2. The number of amides is 1. The minimum atomic E-state index is -3.60. The number of carbonyl (C=O) groups excluding carboxylic acids is 1. The summed E-state index contributed by atoms with van der Waals surface area (Å²) in [5, 5.41) is 9.56. The van der Waals surface area contributed by atoms with Crippen LogP contribution >= 0.6 is 11.8 Å². The number of thioether (sulfide) groups is 1. The van der Waals surface area contributed by atoms with Crippen molar-refractivity contribution in [2.75, 3.05) is 18.4 Å². The molecule has 0 radical (unpaired) electrons. The van der Waals surface area contributed by atoms with Gasteiger partial charge >= 0.3 is 0 Å². The highest BCUT2D eigenvalue weighted by molar-refractivity contribution is 8.00. The van der Waals surface area contributed by atoms with Crippen LogP contribution in [0.1, 0.15) is 32.2 Å². The van der Waals surface area contributed by atoms with Crippen molar-refractivity contribution in [3.8, 4) is 0 Å². The van der Waals surface area contributed by atoms with E-state index in [2.05, 4.69) is 20.5 Å². The SMILES string of the molecule is CCN(CC)S(=O)(=O)c1cc(NC(=O)C(C)Sc2n[nH]c(C)n2)ccc1C. The van der Waals surface area contributed by atoms with E-state index in [9.17, 15) is 13.2 Å². The first-order valence-corrected chi connectivity index (χ1v) is 11.0.